The Morgan fingerprint density at radius 3 is 2.40 bits per heavy atom. The monoisotopic (exact) mass is 146 g/mol. The Balaban J connectivity index is 3.92. The number of hydrogen-bond donors (Lipinski definition) is 2. The summed E-state index contributed by atoms with van der Waals surface area (Å²) in [6.07, 6.45) is 0. The van der Waals surface area contributed by atoms with Gasteiger partial charge >= 0.3 is 11.9 Å². The maximum atomic E-state index is 9.99. The summed E-state index contributed by atoms with van der Waals surface area (Å²) in [5.41, 5.74) is 4.74. The molecule has 0 aromatic heterocycles. The molecule has 10 heavy (non-hydrogen) atoms. The number of carbonyl (C=O) groups is 2. The summed E-state index contributed by atoms with van der Waals surface area (Å²) in [6, 6.07) is 0. The van der Waals surface area contributed by atoms with Crippen LogP contribution in [0.2, 0.25) is 0 Å². The van der Waals surface area contributed by atoms with Crippen molar-refractivity contribution in [3.63, 3.8) is 0 Å². The van der Waals surface area contributed by atoms with Gasteiger partial charge in [-0.2, -0.15) is 0 Å². The zero-order valence-corrected chi connectivity index (χ0v) is 5.20. The Morgan fingerprint density at radius 1 is 1.60 bits per heavy atom. The molecule has 0 aliphatic carbocycles. The van der Waals surface area contributed by atoms with Crippen LogP contribution in [0.4, 0.5) is 0 Å². The van der Waals surface area contributed by atoms with Crippen molar-refractivity contribution < 1.29 is 19.5 Å². The number of amidine groups is 1. The zero-order valence-electron chi connectivity index (χ0n) is 5.20. The molecule has 0 aromatic carbocycles. The van der Waals surface area contributed by atoms with Gasteiger partial charge in [0.25, 0.3) is 0 Å². The molecule has 0 rings (SSSR count). The quantitative estimate of drug-likeness (QED) is 0.212. The lowest BCUT2D eigenvalue weighted by Gasteiger charge is -1.90. The van der Waals surface area contributed by atoms with Crippen molar-refractivity contribution in [3.8, 4) is 0 Å². The highest BCUT2D eigenvalue weighted by atomic mass is 16.7. The van der Waals surface area contributed by atoms with Gasteiger partial charge in [-0.05, 0) is 0 Å². The maximum absolute atomic E-state index is 9.99. The molecule has 0 unspecified atom stereocenters. The van der Waals surface area contributed by atoms with Gasteiger partial charge in [0.1, 0.15) is 0 Å². The van der Waals surface area contributed by atoms with Crippen molar-refractivity contribution in [3.05, 3.63) is 0 Å². The highest BCUT2D eigenvalue weighted by Gasteiger charge is 2.03. The fraction of sp³-hybridized carbons (Fsp3) is 0.250. The Hall–Kier alpha value is -1.59. The topological polar surface area (TPSA) is 102 Å². The molecule has 6 heteroatoms. The minimum atomic E-state index is -1.43. The molecule has 6 nitrogen and oxygen atoms in total. The van der Waals surface area contributed by atoms with Crippen LogP contribution < -0.4 is 5.73 Å². The van der Waals surface area contributed by atoms with Gasteiger partial charge in [0.2, 0.25) is 5.84 Å². The number of carbonyl (C=O) groups excluding carboxylic acids is 1. The van der Waals surface area contributed by atoms with Crippen LogP contribution in [0.25, 0.3) is 0 Å². The molecule has 0 aliphatic rings. The van der Waals surface area contributed by atoms with E-state index in [4.69, 9.17) is 10.8 Å². The lowest BCUT2D eigenvalue weighted by molar-refractivity contribution is -0.141. The molecular weight excluding hydrogens is 140 g/mol. The van der Waals surface area contributed by atoms with Gasteiger partial charge in [-0.3, -0.25) is 0 Å². The molecule has 0 aliphatic heterocycles. The molecule has 0 bridgehead atoms. The van der Waals surface area contributed by atoms with Gasteiger partial charge < -0.3 is 15.7 Å². The van der Waals surface area contributed by atoms with Crippen molar-refractivity contribution in [2.75, 3.05) is 0 Å². The van der Waals surface area contributed by atoms with E-state index in [0.717, 1.165) is 6.92 Å². The fourth-order valence-electron chi connectivity index (χ4n) is 0.152. The highest BCUT2D eigenvalue weighted by Crippen LogP contribution is 1.77. The van der Waals surface area contributed by atoms with Crippen LogP contribution in [0.5, 0.6) is 0 Å². The normalized spacial score (nSPS) is 10.7. The summed E-state index contributed by atoms with van der Waals surface area (Å²) in [6.45, 7) is 1.08. The summed E-state index contributed by atoms with van der Waals surface area (Å²) >= 11 is 0. The van der Waals surface area contributed by atoms with Gasteiger partial charge in [-0.25, -0.2) is 9.59 Å². The average Bonchev–Trinajstić information content (AvgIpc) is 1.82. The standard InChI is InChI=1S/C4H6N2O4/c1-2(7)10-6-3(5)4(8)9/h1H3,(H2,5,6)(H,8,9). The van der Waals surface area contributed by atoms with E-state index < -0.39 is 17.8 Å². The number of aliphatic carboxylic acids is 1. The largest absolute Gasteiger partial charge is 0.475 e. The molecule has 0 amide bonds. The number of carboxylic acid groups (broad SMARTS) is 1. The van der Waals surface area contributed by atoms with Gasteiger partial charge in [0.05, 0.1) is 0 Å². The lowest BCUT2D eigenvalue weighted by Crippen LogP contribution is -2.23. The number of rotatable bonds is 1. The Labute approximate surface area is 56.3 Å². The first-order valence-electron chi connectivity index (χ1n) is 2.28. The zero-order chi connectivity index (χ0) is 8.15. The summed E-state index contributed by atoms with van der Waals surface area (Å²) in [7, 11) is 0. The predicted molar refractivity (Wildman–Crippen MR) is 31.0 cm³/mol. The van der Waals surface area contributed by atoms with Crippen molar-refractivity contribution in [2.45, 2.75) is 6.92 Å². The minimum Gasteiger partial charge on any atom is -0.475 e. The SMILES string of the molecule is CC(=O)O/N=C(/N)C(=O)O. The van der Waals surface area contributed by atoms with E-state index >= 15 is 0 Å². The Kier molecular flexibility index (Phi) is 2.89. The van der Waals surface area contributed by atoms with Crippen LogP contribution in [0.1, 0.15) is 6.92 Å². The van der Waals surface area contributed by atoms with E-state index in [1.54, 1.807) is 0 Å². The van der Waals surface area contributed by atoms with Gasteiger partial charge in [-0.15, -0.1) is 0 Å². The van der Waals surface area contributed by atoms with Gasteiger partial charge in [0, 0.05) is 6.92 Å². The van der Waals surface area contributed by atoms with E-state index in [1.165, 1.54) is 0 Å². The first-order chi connectivity index (χ1) is 4.54. The highest BCUT2D eigenvalue weighted by molar-refractivity contribution is 6.33. The number of nitrogens with two attached hydrogens (primary N) is 1. The molecule has 0 saturated carbocycles. The van der Waals surface area contributed by atoms with Crippen molar-refractivity contribution >= 4 is 17.8 Å². The fourth-order valence-corrected chi connectivity index (χ4v) is 0.152. The van der Waals surface area contributed by atoms with Crippen LogP contribution in [0.15, 0.2) is 5.16 Å². The Morgan fingerprint density at radius 2 is 2.10 bits per heavy atom. The molecule has 56 valence electrons. The second kappa shape index (κ2) is 3.44. The van der Waals surface area contributed by atoms with Crippen molar-refractivity contribution in [1.29, 1.82) is 0 Å². The van der Waals surface area contributed by atoms with Crippen LogP contribution in [0.3, 0.4) is 0 Å². The lowest BCUT2D eigenvalue weighted by atomic mass is 10.6. The molecule has 0 atom stereocenters. The van der Waals surface area contributed by atoms with Gasteiger partial charge in [0.15, 0.2) is 0 Å². The molecule has 0 spiro atoms. The summed E-state index contributed by atoms with van der Waals surface area (Å²) < 4.78 is 0. The smallest absolute Gasteiger partial charge is 0.374 e. The number of oxime groups is 1. The Bertz CT molecular complexity index is 186. The van der Waals surface area contributed by atoms with E-state index in [9.17, 15) is 9.59 Å². The average molecular weight is 146 g/mol. The molecule has 0 heterocycles. The first kappa shape index (κ1) is 8.41. The number of nitrogens with zero attached hydrogens (tertiary/aromatic N) is 1. The van der Waals surface area contributed by atoms with Gasteiger partial charge in [-0.1, -0.05) is 5.16 Å². The molecule has 0 saturated heterocycles. The third-order valence-electron chi connectivity index (χ3n) is 0.492. The van der Waals surface area contributed by atoms with E-state index in [-0.39, 0.29) is 0 Å². The minimum absolute atomic E-state index is 0.718. The number of carboxylic acids is 1. The van der Waals surface area contributed by atoms with E-state index in [1.807, 2.05) is 0 Å². The third-order valence-corrected chi connectivity index (χ3v) is 0.492. The molecular formula is C4H6N2O4. The second-order valence-corrected chi connectivity index (χ2v) is 1.36. The molecule has 0 aromatic rings. The summed E-state index contributed by atoms with van der Waals surface area (Å²) in [4.78, 5) is 23.8. The summed E-state index contributed by atoms with van der Waals surface area (Å²) in [5.74, 6) is -2.90. The van der Waals surface area contributed by atoms with Crippen LogP contribution in [-0.2, 0) is 14.4 Å². The van der Waals surface area contributed by atoms with E-state index in [0.29, 0.717) is 0 Å². The number of hydrogen-bond acceptors (Lipinski definition) is 4. The van der Waals surface area contributed by atoms with Crippen LogP contribution in [0, 0.1) is 0 Å². The maximum Gasteiger partial charge on any atom is 0.374 e. The third kappa shape index (κ3) is 3.42. The summed E-state index contributed by atoms with van der Waals surface area (Å²) in [5, 5.41) is 10.8. The molecule has 3 N–H and O–H groups in total. The first-order valence-corrected chi connectivity index (χ1v) is 2.28. The van der Waals surface area contributed by atoms with E-state index in [2.05, 4.69) is 9.99 Å². The van der Waals surface area contributed by atoms with Crippen LogP contribution in [-0.4, -0.2) is 22.9 Å². The predicted octanol–water partition coefficient (Wildman–Crippen LogP) is -1.09. The molecule has 0 radical (unpaired) electrons. The van der Waals surface area contributed by atoms with Crippen LogP contribution >= 0.6 is 0 Å². The molecule has 0 fully saturated rings. The van der Waals surface area contributed by atoms with Crippen molar-refractivity contribution in [1.82, 2.24) is 0 Å². The second-order valence-electron chi connectivity index (χ2n) is 1.36. The van der Waals surface area contributed by atoms with Crippen molar-refractivity contribution in [2.24, 2.45) is 10.9 Å².